The summed E-state index contributed by atoms with van der Waals surface area (Å²) in [6.45, 7) is 4.20. The van der Waals surface area contributed by atoms with E-state index in [0.29, 0.717) is 6.61 Å². The van der Waals surface area contributed by atoms with Crippen molar-refractivity contribution in [2.24, 2.45) is 0 Å². The molecule has 1 fully saturated rings. The Bertz CT molecular complexity index is 574. The topological polar surface area (TPSA) is 66.8 Å². The molecule has 0 radical (unpaired) electrons. The second kappa shape index (κ2) is 7.75. The Balaban J connectivity index is 2.13. The summed E-state index contributed by atoms with van der Waals surface area (Å²) in [6.07, 6.45) is 2.54. The van der Waals surface area contributed by atoms with E-state index in [9.17, 15) is 13.5 Å². The monoisotopic (exact) mass is 341 g/mol. The minimum atomic E-state index is -3.51. The van der Waals surface area contributed by atoms with Gasteiger partial charge in [-0.3, -0.25) is 0 Å². The number of rotatable bonds is 7. The van der Waals surface area contributed by atoms with Gasteiger partial charge in [0.15, 0.2) is 0 Å². The van der Waals surface area contributed by atoms with Crippen LogP contribution in [-0.4, -0.2) is 48.4 Å². The Hall–Kier alpha value is -0.950. The Labute approximate surface area is 139 Å². The van der Waals surface area contributed by atoms with E-state index < -0.39 is 15.6 Å². The highest BCUT2D eigenvalue weighted by atomic mass is 32.2. The van der Waals surface area contributed by atoms with Crippen molar-refractivity contribution in [2.45, 2.75) is 51.4 Å². The van der Waals surface area contributed by atoms with Gasteiger partial charge in [-0.25, -0.2) is 8.42 Å². The van der Waals surface area contributed by atoms with Gasteiger partial charge in [-0.2, -0.15) is 4.31 Å². The maximum absolute atomic E-state index is 12.8. The van der Waals surface area contributed by atoms with Gasteiger partial charge in [0.25, 0.3) is 0 Å². The van der Waals surface area contributed by atoms with E-state index in [1.165, 1.54) is 4.31 Å². The highest BCUT2D eigenvalue weighted by Crippen LogP contribution is 2.20. The standard InChI is InChI=1S/C17H27NO4S/c1-17(2,19)14-18(12-15-8-4-3-5-9-15)23(20,21)13-16-10-6-7-11-22-16/h3-5,8-9,16,19H,6-7,10-14H2,1-2H3/t16-/m0/s1. The molecule has 23 heavy (non-hydrogen) atoms. The molecule has 1 aromatic carbocycles. The highest BCUT2D eigenvalue weighted by Gasteiger charge is 2.31. The lowest BCUT2D eigenvalue weighted by Crippen LogP contribution is -2.45. The predicted molar refractivity (Wildman–Crippen MR) is 90.5 cm³/mol. The molecular formula is C17H27NO4S. The van der Waals surface area contributed by atoms with Gasteiger partial charge in [0.05, 0.1) is 17.5 Å². The molecule has 1 N–H and O–H groups in total. The van der Waals surface area contributed by atoms with Crippen LogP contribution in [0.1, 0.15) is 38.7 Å². The molecule has 6 heteroatoms. The fraction of sp³-hybridized carbons (Fsp3) is 0.647. The van der Waals surface area contributed by atoms with Gasteiger partial charge in [0.1, 0.15) is 0 Å². The molecule has 0 amide bonds. The second-order valence-electron chi connectivity index (χ2n) is 6.83. The van der Waals surface area contributed by atoms with Crippen molar-refractivity contribution in [3.63, 3.8) is 0 Å². The highest BCUT2D eigenvalue weighted by molar-refractivity contribution is 7.89. The van der Waals surface area contributed by atoms with Crippen LogP contribution in [0.4, 0.5) is 0 Å². The Kier molecular flexibility index (Phi) is 6.19. The molecule has 0 unspecified atom stereocenters. The van der Waals surface area contributed by atoms with Crippen molar-refractivity contribution in [2.75, 3.05) is 18.9 Å². The summed E-state index contributed by atoms with van der Waals surface area (Å²) in [5, 5.41) is 10.1. The molecule has 0 bridgehead atoms. The lowest BCUT2D eigenvalue weighted by atomic mass is 10.1. The van der Waals surface area contributed by atoms with E-state index in [-0.39, 0.29) is 24.9 Å². The molecule has 1 aliphatic heterocycles. The number of benzene rings is 1. The minimum absolute atomic E-state index is 0.0179. The van der Waals surface area contributed by atoms with Crippen LogP contribution in [0, 0.1) is 0 Å². The van der Waals surface area contributed by atoms with Crippen LogP contribution in [0.15, 0.2) is 30.3 Å². The molecular weight excluding hydrogens is 314 g/mol. The van der Waals surface area contributed by atoms with Gasteiger partial charge in [0.2, 0.25) is 10.0 Å². The van der Waals surface area contributed by atoms with Crippen LogP contribution in [0.3, 0.4) is 0 Å². The lowest BCUT2D eigenvalue weighted by Gasteiger charge is -2.31. The van der Waals surface area contributed by atoms with E-state index in [0.717, 1.165) is 24.8 Å². The van der Waals surface area contributed by atoms with Crippen LogP contribution in [0.5, 0.6) is 0 Å². The molecule has 1 aliphatic rings. The van der Waals surface area contributed by atoms with Crippen molar-refractivity contribution < 1.29 is 18.3 Å². The van der Waals surface area contributed by atoms with E-state index in [1.807, 2.05) is 30.3 Å². The maximum atomic E-state index is 12.8. The summed E-state index contributed by atoms with van der Waals surface area (Å²) in [6, 6.07) is 9.45. The molecule has 5 nitrogen and oxygen atoms in total. The Morgan fingerprint density at radius 1 is 1.26 bits per heavy atom. The summed E-state index contributed by atoms with van der Waals surface area (Å²) >= 11 is 0. The van der Waals surface area contributed by atoms with Crippen molar-refractivity contribution in [3.8, 4) is 0 Å². The van der Waals surface area contributed by atoms with Crippen molar-refractivity contribution in [1.29, 1.82) is 0 Å². The second-order valence-corrected chi connectivity index (χ2v) is 8.85. The number of hydrogen-bond acceptors (Lipinski definition) is 4. The van der Waals surface area contributed by atoms with Gasteiger partial charge < -0.3 is 9.84 Å². The average Bonchev–Trinajstić information content (AvgIpc) is 2.47. The van der Waals surface area contributed by atoms with E-state index in [1.54, 1.807) is 13.8 Å². The van der Waals surface area contributed by atoms with Crippen LogP contribution in [0.25, 0.3) is 0 Å². The molecule has 0 aliphatic carbocycles. The number of nitrogens with zero attached hydrogens (tertiary/aromatic N) is 1. The maximum Gasteiger partial charge on any atom is 0.217 e. The fourth-order valence-electron chi connectivity index (χ4n) is 2.75. The third kappa shape index (κ3) is 6.22. The van der Waals surface area contributed by atoms with Gasteiger partial charge in [0, 0.05) is 19.7 Å². The zero-order valence-corrected chi connectivity index (χ0v) is 14.8. The summed E-state index contributed by atoms with van der Waals surface area (Å²) in [7, 11) is -3.51. The SMILES string of the molecule is CC(C)(O)CN(Cc1ccccc1)S(=O)(=O)C[C@@H]1CCCCO1. The molecule has 0 saturated carbocycles. The number of ether oxygens (including phenoxy) is 1. The van der Waals surface area contributed by atoms with Crippen LogP contribution < -0.4 is 0 Å². The van der Waals surface area contributed by atoms with Crippen molar-refractivity contribution in [1.82, 2.24) is 4.31 Å². The zero-order chi connectivity index (χ0) is 16.9. The van der Waals surface area contributed by atoms with Crippen molar-refractivity contribution >= 4 is 10.0 Å². The van der Waals surface area contributed by atoms with E-state index >= 15 is 0 Å². The van der Waals surface area contributed by atoms with E-state index in [2.05, 4.69) is 0 Å². The normalized spacial score (nSPS) is 19.9. The third-order valence-electron chi connectivity index (χ3n) is 3.83. The van der Waals surface area contributed by atoms with Gasteiger partial charge in [-0.05, 0) is 38.7 Å². The Morgan fingerprint density at radius 3 is 2.52 bits per heavy atom. The fourth-order valence-corrected chi connectivity index (χ4v) is 4.55. The summed E-state index contributed by atoms with van der Waals surface area (Å²) in [5.74, 6) is -0.0179. The smallest absolute Gasteiger partial charge is 0.217 e. The summed E-state index contributed by atoms with van der Waals surface area (Å²) in [5.41, 5.74) is -0.181. The lowest BCUT2D eigenvalue weighted by molar-refractivity contribution is 0.0283. The van der Waals surface area contributed by atoms with Gasteiger partial charge >= 0.3 is 0 Å². The summed E-state index contributed by atoms with van der Waals surface area (Å²) < 4.78 is 32.6. The van der Waals surface area contributed by atoms with Crippen LogP contribution in [-0.2, 0) is 21.3 Å². The van der Waals surface area contributed by atoms with Gasteiger partial charge in [-0.15, -0.1) is 0 Å². The first-order chi connectivity index (χ1) is 10.8. The molecule has 2 rings (SSSR count). The largest absolute Gasteiger partial charge is 0.389 e. The molecule has 1 atom stereocenters. The quantitative estimate of drug-likeness (QED) is 0.825. The number of hydrogen-bond donors (Lipinski definition) is 1. The average molecular weight is 341 g/mol. The van der Waals surface area contributed by atoms with Gasteiger partial charge in [-0.1, -0.05) is 30.3 Å². The molecule has 0 aromatic heterocycles. The van der Waals surface area contributed by atoms with Crippen LogP contribution in [0.2, 0.25) is 0 Å². The molecule has 130 valence electrons. The first-order valence-corrected chi connectivity index (χ1v) is 9.73. The molecule has 1 heterocycles. The minimum Gasteiger partial charge on any atom is -0.389 e. The molecule has 1 aromatic rings. The van der Waals surface area contributed by atoms with Crippen LogP contribution >= 0.6 is 0 Å². The molecule has 0 spiro atoms. The number of aliphatic hydroxyl groups is 1. The summed E-state index contributed by atoms with van der Waals surface area (Å²) in [4.78, 5) is 0. The number of sulfonamides is 1. The molecule has 1 saturated heterocycles. The predicted octanol–water partition coefficient (Wildman–Crippen LogP) is 2.16. The third-order valence-corrected chi connectivity index (χ3v) is 5.67. The van der Waals surface area contributed by atoms with Crippen molar-refractivity contribution in [3.05, 3.63) is 35.9 Å². The van der Waals surface area contributed by atoms with E-state index in [4.69, 9.17) is 4.74 Å². The Morgan fingerprint density at radius 2 is 1.96 bits per heavy atom. The first-order valence-electron chi connectivity index (χ1n) is 8.12. The first kappa shape index (κ1) is 18.4. The zero-order valence-electron chi connectivity index (χ0n) is 13.9.